The van der Waals surface area contributed by atoms with Gasteiger partial charge in [0.2, 0.25) is 0 Å². The lowest BCUT2D eigenvalue weighted by Crippen LogP contribution is -2.28. The van der Waals surface area contributed by atoms with E-state index in [9.17, 15) is 9.41 Å². The third-order valence-corrected chi connectivity index (χ3v) is 2.16. The van der Waals surface area contributed by atoms with E-state index in [2.05, 4.69) is 0 Å². The molecule has 68 valence electrons. The van der Waals surface area contributed by atoms with Crippen molar-refractivity contribution in [3.05, 3.63) is 29.1 Å². The van der Waals surface area contributed by atoms with E-state index in [-0.39, 0.29) is 13.2 Å². The van der Waals surface area contributed by atoms with Crippen LogP contribution in [0, 0.1) is 5.82 Å². The molecule has 0 unspecified atom stereocenters. The number of hydrogen-bond acceptors (Lipinski definition) is 3. The molecule has 0 aliphatic carbocycles. The zero-order valence-corrected chi connectivity index (χ0v) is 6.83. The van der Waals surface area contributed by atoms with Gasteiger partial charge in [-0.15, -0.1) is 0 Å². The number of aliphatic hydroxyl groups excluding tert-OH is 1. The maximum atomic E-state index is 12.9. The summed E-state index contributed by atoms with van der Waals surface area (Å²) in [6, 6.07) is 2.48. The van der Waals surface area contributed by atoms with Crippen LogP contribution < -0.4 is 5.46 Å². The van der Waals surface area contributed by atoms with Crippen molar-refractivity contribution in [2.45, 2.75) is 13.2 Å². The van der Waals surface area contributed by atoms with Crippen LogP contribution in [0.2, 0.25) is 0 Å². The smallest absolute Gasteiger partial charge is 0.423 e. The Hall–Kier alpha value is -0.905. The highest BCUT2D eigenvalue weighted by Gasteiger charge is 2.29. The van der Waals surface area contributed by atoms with E-state index in [0.29, 0.717) is 16.6 Å². The van der Waals surface area contributed by atoms with Crippen LogP contribution in [0.25, 0.3) is 0 Å². The monoisotopic (exact) mass is 182 g/mol. The lowest BCUT2D eigenvalue weighted by molar-refractivity contribution is 0.261. The van der Waals surface area contributed by atoms with E-state index in [1.165, 1.54) is 12.1 Å². The van der Waals surface area contributed by atoms with Crippen molar-refractivity contribution in [2.75, 3.05) is 0 Å². The molecule has 1 aliphatic heterocycles. The van der Waals surface area contributed by atoms with Crippen LogP contribution in [-0.4, -0.2) is 17.2 Å². The summed E-state index contributed by atoms with van der Waals surface area (Å²) in [5.74, 6) is -0.465. The molecule has 0 spiro atoms. The first-order valence-corrected chi connectivity index (χ1v) is 3.94. The molecule has 0 radical (unpaired) electrons. The first-order valence-electron chi connectivity index (χ1n) is 3.94. The summed E-state index contributed by atoms with van der Waals surface area (Å²) in [5, 5.41) is 18.2. The fourth-order valence-corrected chi connectivity index (χ4v) is 1.51. The highest BCUT2D eigenvalue weighted by molar-refractivity contribution is 6.61. The number of halogens is 1. The molecule has 0 bridgehead atoms. The van der Waals surface area contributed by atoms with Gasteiger partial charge in [0.25, 0.3) is 0 Å². The van der Waals surface area contributed by atoms with Crippen LogP contribution in [0.15, 0.2) is 12.1 Å². The van der Waals surface area contributed by atoms with Crippen LogP contribution in [0.4, 0.5) is 4.39 Å². The Bertz CT molecular complexity index is 342. The van der Waals surface area contributed by atoms with Crippen LogP contribution in [-0.2, 0) is 17.9 Å². The minimum Gasteiger partial charge on any atom is -0.423 e. The molecule has 13 heavy (non-hydrogen) atoms. The molecular formula is C8H8BFO3. The minimum atomic E-state index is -1.06. The van der Waals surface area contributed by atoms with Gasteiger partial charge in [-0.3, -0.25) is 0 Å². The summed E-state index contributed by atoms with van der Waals surface area (Å²) in [7, 11) is -1.06. The molecule has 1 heterocycles. The van der Waals surface area contributed by atoms with Gasteiger partial charge in [0.15, 0.2) is 0 Å². The van der Waals surface area contributed by atoms with Gasteiger partial charge >= 0.3 is 7.12 Å². The average Bonchev–Trinajstić information content (AvgIpc) is 2.47. The van der Waals surface area contributed by atoms with Gasteiger partial charge in [-0.05, 0) is 28.7 Å². The SMILES string of the molecule is OCc1cc(F)cc2c1COB2O. The minimum absolute atomic E-state index is 0.229. The van der Waals surface area contributed by atoms with Gasteiger partial charge in [-0.1, -0.05) is 0 Å². The molecule has 0 fully saturated rings. The third-order valence-electron chi connectivity index (χ3n) is 2.16. The number of aliphatic hydroxyl groups is 1. The maximum Gasteiger partial charge on any atom is 0.491 e. The zero-order valence-electron chi connectivity index (χ0n) is 6.83. The molecule has 1 aliphatic rings. The largest absolute Gasteiger partial charge is 0.491 e. The Kier molecular flexibility index (Phi) is 2.07. The molecule has 5 heteroatoms. The molecule has 0 saturated heterocycles. The second-order valence-electron chi connectivity index (χ2n) is 2.95. The molecule has 1 aromatic carbocycles. The highest BCUT2D eigenvalue weighted by Crippen LogP contribution is 2.16. The molecular weight excluding hydrogens is 174 g/mol. The predicted octanol–water partition coefficient (Wildman–Crippen LogP) is -0.464. The van der Waals surface area contributed by atoms with Gasteiger partial charge in [0, 0.05) is 0 Å². The lowest BCUT2D eigenvalue weighted by Gasteiger charge is -2.04. The molecule has 2 rings (SSSR count). The zero-order chi connectivity index (χ0) is 9.42. The fourth-order valence-electron chi connectivity index (χ4n) is 1.51. The average molecular weight is 182 g/mol. The molecule has 1 aromatic rings. The normalized spacial score (nSPS) is 14.8. The lowest BCUT2D eigenvalue weighted by atomic mass is 9.78. The Morgan fingerprint density at radius 3 is 3.00 bits per heavy atom. The van der Waals surface area contributed by atoms with E-state index in [0.717, 1.165) is 0 Å². The van der Waals surface area contributed by atoms with Crippen LogP contribution in [0.5, 0.6) is 0 Å². The van der Waals surface area contributed by atoms with Gasteiger partial charge in [0.1, 0.15) is 5.82 Å². The number of fused-ring (bicyclic) bond motifs is 1. The summed E-state index contributed by atoms with van der Waals surface area (Å²) >= 11 is 0. The Morgan fingerprint density at radius 2 is 2.31 bits per heavy atom. The van der Waals surface area contributed by atoms with Gasteiger partial charge in [0.05, 0.1) is 13.2 Å². The second-order valence-corrected chi connectivity index (χ2v) is 2.95. The quantitative estimate of drug-likeness (QED) is 0.577. The van der Waals surface area contributed by atoms with Crippen LogP contribution in [0.1, 0.15) is 11.1 Å². The van der Waals surface area contributed by atoms with Crippen molar-refractivity contribution < 1.29 is 19.2 Å². The topological polar surface area (TPSA) is 49.7 Å². The Balaban J connectivity index is 2.56. The van der Waals surface area contributed by atoms with Crippen molar-refractivity contribution in [3.63, 3.8) is 0 Å². The first-order chi connectivity index (χ1) is 6.22. The summed E-state index contributed by atoms with van der Waals surface area (Å²) < 4.78 is 17.8. The standard InChI is InChI=1S/C8H8BFO3/c10-6-1-5(3-11)7-4-13-9(12)8(7)2-6/h1-2,11-12H,3-4H2. The Morgan fingerprint density at radius 1 is 1.54 bits per heavy atom. The van der Waals surface area contributed by atoms with E-state index >= 15 is 0 Å². The first kappa shape index (κ1) is 8.68. The molecule has 0 amide bonds. The second kappa shape index (κ2) is 3.10. The summed E-state index contributed by atoms with van der Waals surface area (Å²) in [6.07, 6.45) is 0. The van der Waals surface area contributed by atoms with Gasteiger partial charge in [-0.25, -0.2) is 4.39 Å². The van der Waals surface area contributed by atoms with E-state index < -0.39 is 12.9 Å². The van der Waals surface area contributed by atoms with Crippen LogP contribution >= 0.6 is 0 Å². The summed E-state index contributed by atoms with van der Waals surface area (Å²) in [6.45, 7) is -0.0111. The van der Waals surface area contributed by atoms with Crippen LogP contribution in [0.3, 0.4) is 0 Å². The molecule has 3 nitrogen and oxygen atoms in total. The van der Waals surface area contributed by atoms with E-state index in [4.69, 9.17) is 9.76 Å². The summed E-state index contributed by atoms with van der Waals surface area (Å²) in [5.41, 5.74) is 1.59. The highest BCUT2D eigenvalue weighted by atomic mass is 19.1. The van der Waals surface area contributed by atoms with Gasteiger partial charge in [-0.2, -0.15) is 0 Å². The number of rotatable bonds is 1. The maximum absolute atomic E-state index is 12.9. The molecule has 0 aromatic heterocycles. The van der Waals surface area contributed by atoms with Crippen molar-refractivity contribution in [2.24, 2.45) is 0 Å². The number of hydrogen-bond donors (Lipinski definition) is 2. The van der Waals surface area contributed by atoms with E-state index in [1.807, 2.05) is 0 Å². The van der Waals surface area contributed by atoms with Crippen molar-refractivity contribution in [3.8, 4) is 0 Å². The number of benzene rings is 1. The van der Waals surface area contributed by atoms with Crippen molar-refractivity contribution >= 4 is 12.6 Å². The fraction of sp³-hybridized carbons (Fsp3) is 0.250. The third kappa shape index (κ3) is 1.35. The van der Waals surface area contributed by atoms with Gasteiger partial charge < -0.3 is 14.8 Å². The summed E-state index contributed by atoms with van der Waals surface area (Å²) in [4.78, 5) is 0. The molecule has 2 N–H and O–H groups in total. The van der Waals surface area contributed by atoms with Crippen molar-refractivity contribution in [1.29, 1.82) is 0 Å². The predicted molar refractivity (Wildman–Crippen MR) is 44.7 cm³/mol. The van der Waals surface area contributed by atoms with E-state index in [1.54, 1.807) is 0 Å². The molecule has 0 atom stereocenters. The molecule has 0 saturated carbocycles. The van der Waals surface area contributed by atoms with Crippen molar-refractivity contribution in [1.82, 2.24) is 0 Å². The Labute approximate surface area is 74.9 Å².